The number of rotatable bonds is 2. The molecule has 1 amide bonds. The van der Waals surface area contributed by atoms with Gasteiger partial charge in [0.15, 0.2) is 0 Å². The molecule has 22 heavy (non-hydrogen) atoms. The Morgan fingerprint density at radius 2 is 2.05 bits per heavy atom. The van der Waals surface area contributed by atoms with Crippen molar-refractivity contribution in [1.29, 1.82) is 0 Å². The van der Waals surface area contributed by atoms with Gasteiger partial charge in [-0.2, -0.15) is 5.10 Å². The molecule has 110 valence electrons. The molecule has 0 saturated carbocycles. The molecule has 0 bridgehead atoms. The second-order valence-corrected chi connectivity index (χ2v) is 5.45. The molecule has 0 saturated heterocycles. The van der Waals surface area contributed by atoms with E-state index in [2.05, 4.69) is 10.4 Å². The van der Waals surface area contributed by atoms with Crippen LogP contribution in [0.1, 0.15) is 23.7 Å². The largest absolute Gasteiger partial charge is 0.460 e. The molecule has 0 radical (unpaired) electrons. The summed E-state index contributed by atoms with van der Waals surface area (Å²) < 4.78 is 7.69. The van der Waals surface area contributed by atoms with E-state index in [-0.39, 0.29) is 11.8 Å². The summed E-state index contributed by atoms with van der Waals surface area (Å²) in [6, 6.07) is 13.8. The number of aromatic nitrogens is 2. The van der Waals surface area contributed by atoms with Gasteiger partial charge in [-0.05, 0) is 12.1 Å². The Hall–Kier alpha value is -2.82. The molecule has 1 aromatic carbocycles. The van der Waals surface area contributed by atoms with Crippen LogP contribution in [0.3, 0.4) is 0 Å². The molecule has 1 aliphatic rings. The summed E-state index contributed by atoms with van der Waals surface area (Å²) in [5.74, 6) is 2.25. The standard InChI is InChI=1S/C17H15N3O2/c1-20-17-13(10-18-20)12(9-16(21)19-17)15-8-7-14(22-15)11-5-3-2-4-6-11/h2-8,10,12H,9H2,1H3,(H,19,21). The van der Waals surface area contributed by atoms with E-state index in [4.69, 9.17) is 4.42 Å². The molecule has 0 fully saturated rings. The Labute approximate surface area is 127 Å². The highest BCUT2D eigenvalue weighted by atomic mass is 16.3. The normalized spacial score (nSPS) is 17.1. The van der Waals surface area contributed by atoms with Crippen molar-refractivity contribution < 1.29 is 9.21 Å². The van der Waals surface area contributed by atoms with Gasteiger partial charge in [0.1, 0.15) is 17.3 Å². The van der Waals surface area contributed by atoms with Crippen molar-refractivity contribution in [2.24, 2.45) is 7.05 Å². The summed E-state index contributed by atoms with van der Waals surface area (Å²) in [5.41, 5.74) is 2.02. The number of carbonyl (C=O) groups is 1. The second-order valence-electron chi connectivity index (χ2n) is 5.45. The summed E-state index contributed by atoms with van der Waals surface area (Å²) >= 11 is 0. The predicted octanol–water partition coefficient (Wildman–Crippen LogP) is 3.15. The Morgan fingerprint density at radius 1 is 1.23 bits per heavy atom. The molecule has 1 atom stereocenters. The first-order valence-electron chi connectivity index (χ1n) is 7.19. The molecule has 3 aromatic rings. The van der Waals surface area contributed by atoms with Crippen LogP contribution in [0, 0.1) is 0 Å². The Morgan fingerprint density at radius 3 is 2.86 bits per heavy atom. The number of nitrogens with zero attached hydrogens (tertiary/aromatic N) is 2. The number of benzene rings is 1. The van der Waals surface area contributed by atoms with Crippen LogP contribution in [0.2, 0.25) is 0 Å². The van der Waals surface area contributed by atoms with E-state index >= 15 is 0 Å². The summed E-state index contributed by atoms with van der Waals surface area (Å²) in [7, 11) is 1.82. The van der Waals surface area contributed by atoms with Crippen LogP contribution in [-0.2, 0) is 11.8 Å². The maximum Gasteiger partial charge on any atom is 0.226 e. The minimum atomic E-state index is -0.0880. The third-order valence-corrected chi connectivity index (χ3v) is 4.02. The number of nitrogens with one attached hydrogen (secondary N) is 1. The van der Waals surface area contributed by atoms with E-state index in [0.29, 0.717) is 6.42 Å². The van der Waals surface area contributed by atoms with Gasteiger partial charge in [-0.3, -0.25) is 9.48 Å². The van der Waals surface area contributed by atoms with Crippen molar-refractivity contribution in [2.75, 3.05) is 5.32 Å². The molecule has 5 nitrogen and oxygen atoms in total. The summed E-state index contributed by atoms with van der Waals surface area (Å²) in [4.78, 5) is 11.9. The highest BCUT2D eigenvalue weighted by Crippen LogP contribution is 2.38. The minimum absolute atomic E-state index is 0.0150. The lowest BCUT2D eigenvalue weighted by atomic mass is 9.92. The first-order valence-corrected chi connectivity index (χ1v) is 7.19. The van der Waals surface area contributed by atoms with E-state index < -0.39 is 0 Å². The van der Waals surface area contributed by atoms with Gasteiger partial charge < -0.3 is 9.73 Å². The van der Waals surface area contributed by atoms with E-state index in [1.807, 2.05) is 49.5 Å². The van der Waals surface area contributed by atoms with Crippen molar-refractivity contribution in [3.63, 3.8) is 0 Å². The highest BCUT2D eigenvalue weighted by molar-refractivity contribution is 5.94. The fourth-order valence-corrected chi connectivity index (χ4v) is 2.89. The van der Waals surface area contributed by atoms with Crippen LogP contribution in [0.25, 0.3) is 11.3 Å². The van der Waals surface area contributed by atoms with Crippen molar-refractivity contribution in [3.8, 4) is 11.3 Å². The highest BCUT2D eigenvalue weighted by Gasteiger charge is 2.31. The summed E-state index contributed by atoms with van der Waals surface area (Å²) in [6.45, 7) is 0. The molecule has 2 aromatic heterocycles. The van der Waals surface area contributed by atoms with Crippen LogP contribution in [-0.4, -0.2) is 15.7 Å². The molecule has 1 unspecified atom stereocenters. The van der Waals surface area contributed by atoms with Crippen LogP contribution in [0.5, 0.6) is 0 Å². The molecule has 1 aliphatic heterocycles. The summed E-state index contributed by atoms with van der Waals surface area (Å²) in [5, 5.41) is 7.10. The van der Waals surface area contributed by atoms with Crippen LogP contribution in [0.15, 0.2) is 53.1 Å². The Kier molecular flexibility index (Phi) is 2.85. The number of hydrogen-bond acceptors (Lipinski definition) is 3. The Balaban J connectivity index is 1.74. The van der Waals surface area contributed by atoms with Crippen LogP contribution >= 0.6 is 0 Å². The fourth-order valence-electron chi connectivity index (χ4n) is 2.89. The number of carbonyl (C=O) groups excluding carboxylic acids is 1. The van der Waals surface area contributed by atoms with Gasteiger partial charge in [0.25, 0.3) is 0 Å². The molecule has 5 heteroatoms. The van der Waals surface area contributed by atoms with Gasteiger partial charge in [0.2, 0.25) is 5.91 Å². The van der Waals surface area contributed by atoms with Gasteiger partial charge in [0.05, 0.1) is 12.1 Å². The quantitative estimate of drug-likeness (QED) is 0.789. The number of hydrogen-bond donors (Lipinski definition) is 1. The molecule has 1 N–H and O–H groups in total. The second kappa shape index (κ2) is 4.87. The molecular formula is C17H15N3O2. The molecule has 0 spiro atoms. The lowest BCUT2D eigenvalue weighted by Gasteiger charge is -2.21. The number of furan rings is 1. The molecule has 3 heterocycles. The third-order valence-electron chi connectivity index (χ3n) is 4.02. The zero-order chi connectivity index (χ0) is 15.1. The maximum atomic E-state index is 11.9. The van der Waals surface area contributed by atoms with Crippen LogP contribution < -0.4 is 5.32 Å². The first kappa shape index (κ1) is 12.9. The van der Waals surface area contributed by atoms with Crippen LogP contribution in [0.4, 0.5) is 5.82 Å². The smallest absolute Gasteiger partial charge is 0.226 e. The number of aryl methyl sites for hydroxylation is 1. The van der Waals surface area contributed by atoms with E-state index in [0.717, 1.165) is 28.5 Å². The van der Waals surface area contributed by atoms with Gasteiger partial charge in [-0.1, -0.05) is 30.3 Å². The zero-order valence-electron chi connectivity index (χ0n) is 12.1. The predicted molar refractivity (Wildman–Crippen MR) is 82.4 cm³/mol. The van der Waals surface area contributed by atoms with Gasteiger partial charge in [0, 0.05) is 24.6 Å². The SMILES string of the molecule is Cn1ncc2c1NC(=O)CC2c1ccc(-c2ccccc2)o1. The average molecular weight is 293 g/mol. The van der Waals surface area contributed by atoms with Crippen molar-refractivity contribution in [3.05, 3.63) is 60.0 Å². The minimum Gasteiger partial charge on any atom is -0.460 e. The Bertz CT molecular complexity index is 833. The fraction of sp³-hybridized carbons (Fsp3) is 0.176. The van der Waals surface area contributed by atoms with Crippen molar-refractivity contribution in [2.45, 2.75) is 12.3 Å². The van der Waals surface area contributed by atoms with Crippen molar-refractivity contribution >= 4 is 11.7 Å². The first-order chi connectivity index (χ1) is 10.7. The van der Waals surface area contributed by atoms with E-state index in [9.17, 15) is 4.79 Å². The van der Waals surface area contributed by atoms with E-state index in [1.54, 1.807) is 10.9 Å². The lowest BCUT2D eigenvalue weighted by molar-refractivity contribution is -0.116. The summed E-state index contributed by atoms with van der Waals surface area (Å²) in [6.07, 6.45) is 2.17. The maximum absolute atomic E-state index is 11.9. The average Bonchev–Trinajstić information content (AvgIpc) is 3.16. The number of anilines is 1. The number of fused-ring (bicyclic) bond motifs is 1. The van der Waals surface area contributed by atoms with Gasteiger partial charge >= 0.3 is 0 Å². The third kappa shape index (κ3) is 2.02. The molecular weight excluding hydrogens is 278 g/mol. The topological polar surface area (TPSA) is 60.1 Å². The van der Waals surface area contributed by atoms with Gasteiger partial charge in [-0.25, -0.2) is 0 Å². The zero-order valence-corrected chi connectivity index (χ0v) is 12.1. The molecule has 4 rings (SSSR count). The van der Waals surface area contributed by atoms with Gasteiger partial charge in [-0.15, -0.1) is 0 Å². The number of amides is 1. The van der Waals surface area contributed by atoms with E-state index in [1.165, 1.54) is 0 Å². The van der Waals surface area contributed by atoms with Crippen molar-refractivity contribution in [1.82, 2.24) is 9.78 Å². The monoisotopic (exact) mass is 293 g/mol. The lowest BCUT2D eigenvalue weighted by Crippen LogP contribution is -2.24. The molecule has 0 aliphatic carbocycles.